The Morgan fingerprint density at radius 3 is 2.08 bits per heavy atom. The number of ether oxygens (including phenoxy) is 2. The summed E-state index contributed by atoms with van der Waals surface area (Å²) >= 11 is 0. The first-order valence-corrected chi connectivity index (χ1v) is 23.9. The van der Waals surface area contributed by atoms with Crippen molar-refractivity contribution in [3.63, 3.8) is 0 Å². The summed E-state index contributed by atoms with van der Waals surface area (Å²) in [7, 11) is -11.1. The third-order valence-electron chi connectivity index (χ3n) is 11.1. The molecule has 17 nitrogen and oxygen atoms in total. The maximum Gasteiger partial charge on any atom is 0.303 e. The molecule has 3 N–H and O–H groups in total. The molecule has 2 aromatic rings. The lowest BCUT2D eigenvalue weighted by Gasteiger charge is -2.30. The van der Waals surface area contributed by atoms with Crippen molar-refractivity contribution in [2.45, 2.75) is 92.3 Å². The first kappa shape index (κ1) is 48.6. The summed E-state index contributed by atoms with van der Waals surface area (Å²) in [4.78, 5) is 24.9. The molecule has 2 heterocycles. The molecule has 0 saturated heterocycles. The highest BCUT2D eigenvalue weighted by Gasteiger charge is 2.48. The van der Waals surface area contributed by atoms with Gasteiger partial charge in [0.2, 0.25) is 11.6 Å². The van der Waals surface area contributed by atoms with Gasteiger partial charge in [0, 0.05) is 81.1 Å². The van der Waals surface area contributed by atoms with E-state index in [9.17, 15) is 53.6 Å². The van der Waals surface area contributed by atoms with Gasteiger partial charge in [-0.05, 0) is 94.3 Å². The number of carbonyl (C=O) groups is 2. The number of benzene rings is 2. The lowest BCUT2D eigenvalue weighted by molar-refractivity contribution is -0.438. The largest absolute Gasteiger partial charge is 0.744 e. The minimum absolute atomic E-state index is 0.0112. The smallest absolute Gasteiger partial charge is 0.303 e. The second kappa shape index (κ2) is 20.2. The molecular weight excluding hydrogens is 843 g/mol. The predicted octanol–water partition coefficient (Wildman–Crippen LogP) is 3.96. The van der Waals surface area contributed by atoms with Crippen molar-refractivity contribution in [1.82, 2.24) is 5.32 Å². The van der Waals surface area contributed by atoms with Gasteiger partial charge in [0.15, 0.2) is 5.71 Å². The Labute approximate surface area is 352 Å². The third-order valence-corrected chi connectivity index (χ3v) is 13.6. The van der Waals surface area contributed by atoms with E-state index in [-0.39, 0.29) is 44.7 Å². The molecule has 0 radical (unpaired) electrons. The number of unbranched alkanes of at least 4 members (excludes halogenated alkanes) is 2. The molecule has 4 rings (SSSR count). The normalized spacial score (nSPS) is 20.0. The van der Waals surface area contributed by atoms with Crippen molar-refractivity contribution in [3.05, 3.63) is 71.5 Å². The maximum atomic E-state index is 12.7. The average Bonchev–Trinajstić information content (AvgIpc) is 3.52. The number of rotatable bonds is 24. The molecule has 2 aliphatic heterocycles. The first-order chi connectivity index (χ1) is 28.1. The Hall–Kier alpha value is -4.02. The minimum Gasteiger partial charge on any atom is -0.744 e. The maximum absolute atomic E-state index is 12.7. The SMILES string of the molecule is COCCNC(=O)CCCC1(C)C(/C=C/C=C2/N(CCOC)c3ccc(S(=O)(=O)[O-])cc3C2(C)CCCS(=O)(=O)O)=[N+](CCCCCC(=O)O)c2ccc(S(=O)(=O)[O-])cc21. The molecular formula is C40H54N3O14S3-. The van der Waals surface area contributed by atoms with E-state index in [1.807, 2.05) is 22.5 Å². The van der Waals surface area contributed by atoms with Gasteiger partial charge in [-0.2, -0.15) is 13.0 Å². The highest BCUT2D eigenvalue weighted by Crippen LogP contribution is 2.51. The second-order valence-electron chi connectivity index (χ2n) is 15.3. The standard InChI is InChI=1S/C40H55N3O14S3/c1-39(19-9-13-37(44)41-21-24-56-3)31-27-29(59(50,51)52)15-17-33(31)42(22-7-5-6-14-38(45)46)35(39)11-8-12-36-40(2,20-10-26-58(47,48)49)32-28-30(60(53,54)55)16-18-34(32)43(36)23-25-57-4/h8,11-12,15-18,27-28H,5-7,9-10,13-14,19-26H2,1-4H3,(H4-,41,44,45,46,47,48,49,50,51,52,53,54,55)/p-1. The van der Waals surface area contributed by atoms with Crippen LogP contribution < -0.4 is 10.2 Å². The zero-order valence-electron chi connectivity index (χ0n) is 34.2. The van der Waals surface area contributed by atoms with Crippen LogP contribution in [0.2, 0.25) is 0 Å². The summed E-state index contributed by atoms with van der Waals surface area (Å²) in [5.41, 5.74) is 1.47. The van der Waals surface area contributed by atoms with Crippen molar-refractivity contribution in [1.29, 1.82) is 0 Å². The van der Waals surface area contributed by atoms with E-state index in [1.165, 1.54) is 44.6 Å². The van der Waals surface area contributed by atoms with Crippen molar-refractivity contribution in [2.24, 2.45) is 0 Å². The fourth-order valence-electron chi connectivity index (χ4n) is 8.11. The quantitative estimate of drug-likeness (QED) is 0.0765. The van der Waals surface area contributed by atoms with Crippen LogP contribution in [-0.4, -0.2) is 119 Å². The van der Waals surface area contributed by atoms with E-state index in [1.54, 1.807) is 25.1 Å². The number of allylic oxidation sites excluding steroid dienone is 4. The van der Waals surface area contributed by atoms with Crippen LogP contribution in [0.3, 0.4) is 0 Å². The van der Waals surface area contributed by atoms with Crippen molar-refractivity contribution in [2.75, 3.05) is 57.7 Å². The molecule has 332 valence electrons. The van der Waals surface area contributed by atoms with Gasteiger partial charge in [0.25, 0.3) is 10.1 Å². The molecule has 2 aromatic carbocycles. The Morgan fingerprint density at radius 2 is 1.47 bits per heavy atom. The third kappa shape index (κ3) is 12.1. The lowest BCUT2D eigenvalue weighted by atomic mass is 9.75. The van der Waals surface area contributed by atoms with Crippen molar-refractivity contribution < 1.29 is 67.7 Å². The Balaban J connectivity index is 1.89. The summed E-state index contributed by atoms with van der Waals surface area (Å²) in [6, 6.07) is 8.18. The van der Waals surface area contributed by atoms with Crippen LogP contribution in [0.25, 0.3) is 0 Å². The molecule has 2 aliphatic rings. The molecule has 2 unspecified atom stereocenters. The Kier molecular flexibility index (Phi) is 16.4. The van der Waals surface area contributed by atoms with Gasteiger partial charge in [-0.1, -0.05) is 6.08 Å². The van der Waals surface area contributed by atoms with Crippen LogP contribution in [-0.2, 0) is 60.2 Å². The molecule has 0 saturated carbocycles. The van der Waals surface area contributed by atoms with E-state index in [2.05, 4.69) is 5.32 Å². The summed E-state index contributed by atoms with van der Waals surface area (Å²) in [6.07, 6.45) is 7.86. The van der Waals surface area contributed by atoms with Gasteiger partial charge >= 0.3 is 5.97 Å². The molecule has 0 fully saturated rings. The number of anilines is 1. The molecule has 20 heteroatoms. The first-order valence-electron chi connectivity index (χ1n) is 19.5. The number of amides is 1. The predicted molar refractivity (Wildman–Crippen MR) is 220 cm³/mol. The van der Waals surface area contributed by atoms with Gasteiger partial charge < -0.3 is 33.9 Å². The monoisotopic (exact) mass is 896 g/mol. The molecule has 0 aliphatic carbocycles. The number of carboxylic acid groups (broad SMARTS) is 1. The lowest BCUT2D eigenvalue weighted by Crippen LogP contribution is -2.33. The van der Waals surface area contributed by atoms with Crippen LogP contribution in [0, 0.1) is 0 Å². The number of carbonyl (C=O) groups excluding carboxylic acids is 1. The van der Waals surface area contributed by atoms with Crippen LogP contribution in [0.4, 0.5) is 11.4 Å². The van der Waals surface area contributed by atoms with Crippen LogP contribution in [0.5, 0.6) is 0 Å². The van der Waals surface area contributed by atoms with E-state index >= 15 is 0 Å². The number of methoxy groups -OCH3 is 2. The van der Waals surface area contributed by atoms with Crippen LogP contribution in [0.1, 0.15) is 82.8 Å². The Bertz CT molecular complexity index is 2340. The van der Waals surface area contributed by atoms with Crippen molar-refractivity contribution in [3.8, 4) is 0 Å². The van der Waals surface area contributed by atoms with Gasteiger partial charge in [-0.25, -0.2) is 16.8 Å². The van der Waals surface area contributed by atoms with E-state index in [0.717, 1.165) is 0 Å². The molecule has 0 spiro atoms. The second-order valence-corrected chi connectivity index (χ2v) is 19.6. The van der Waals surface area contributed by atoms with E-state index in [4.69, 9.17) is 9.47 Å². The minimum atomic E-state index is -4.88. The zero-order chi connectivity index (χ0) is 44.5. The number of carboxylic acids is 1. The van der Waals surface area contributed by atoms with Gasteiger partial charge in [0.1, 0.15) is 26.8 Å². The molecule has 2 atom stereocenters. The van der Waals surface area contributed by atoms with Crippen LogP contribution in [0.15, 0.2) is 70.1 Å². The van der Waals surface area contributed by atoms with Gasteiger partial charge in [-0.15, -0.1) is 0 Å². The van der Waals surface area contributed by atoms with Gasteiger partial charge in [-0.3, -0.25) is 14.1 Å². The number of fused-ring (bicyclic) bond motifs is 2. The molecule has 1 amide bonds. The van der Waals surface area contributed by atoms with E-state index < -0.39 is 62.7 Å². The molecule has 60 heavy (non-hydrogen) atoms. The van der Waals surface area contributed by atoms with E-state index in [0.29, 0.717) is 85.7 Å². The van der Waals surface area contributed by atoms with Crippen LogP contribution >= 0.6 is 0 Å². The Morgan fingerprint density at radius 1 is 0.833 bits per heavy atom. The van der Waals surface area contributed by atoms with Gasteiger partial charge in [0.05, 0.1) is 34.2 Å². The summed E-state index contributed by atoms with van der Waals surface area (Å²) in [5, 5.41) is 12.0. The number of hydrogen-bond acceptors (Lipinski definition) is 13. The van der Waals surface area contributed by atoms with Crippen molar-refractivity contribution >= 4 is 59.3 Å². The zero-order valence-corrected chi connectivity index (χ0v) is 36.7. The number of nitrogens with zero attached hydrogens (tertiary/aromatic N) is 2. The topological polar surface area (TPSA) is 260 Å². The fourth-order valence-corrected chi connectivity index (χ4v) is 9.61. The number of aliphatic carboxylic acids is 1. The fraction of sp³-hybridized carbons (Fsp3) is 0.525. The number of nitrogens with one attached hydrogen (secondary N) is 1. The number of hydrogen-bond donors (Lipinski definition) is 3. The summed E-state index contributed by atoms with van der Waals surface area (Å²) in [6.45, 7) is 5.24. The summed E-state index contributed by atoms with van der Waals surface area (Å²) < 4.78 is 119. The molecule has 0 aromatic heterocycles. The summed E-state index contributed by atoms with van der Waals surface area (Å²) in [5.74, 6) is -1.69. The molecule has 0 bridgehead atoms. The highest BCUT2D eigenvalue weighted by molar-refractivity contribution is 7.86. The highest BCUT2D eigenvalue weighted by atomic mass is 32.2. The average molecular weight is 897 g/mol.